The van der Waals surface area contributed by atoms with Gasteiger partial charge in [-0.15, -0.1) is 0 Å². The van der Waals surface area contributed by atoms with Gasteiger partial charge in [0, 0.05) is 18.1 Å². The Labute approximate surface area is 145 Å². The number of carbonyl (C=O) groups excluding carboxylic acids is 1. The fourth-order valence-corrected chi connectivity index (χ4v) is 2.41. The Balaban J connectivity index is 1.53. The van der Waals surface area contributed by atoms with E-state index in [1.165, 1.54) is 19.5 Å². The molecule has 1 aliphatic heterocycles. The summed E-state index contributed by atoms with van der Waals surface area (Å²) in [7, 11) is 1.47. The first kappa shape index (κ1) is 16.7. The molecule has 1 atom stereocenters. The number of rotatable bonds is 6. The second-order valence-electron chi connectivity index (χ2n) is 5.58. The number of hydrogen-bond acceptors (Lipinski definition) is 7. The average molecular weight is 341 g/mol. The zero-order valence-electron chi connectivity index (χ0n) is 13.8. The van der Waals surface area contributed by atoms with Crippen molar-refractivity contribution in [3.63, 3.8) is 0 Å². The van der Waals surface area contributed by atoms with Gasteiger partial charge in [0.15, 0.2) is 0 Å². The van der Waals surface area contributed by atoms with Gasteiger partial charge in [-0.3, -0.25) is 4.79 Å². The zero-order chi connectivity index (χ0) is 17.6. The SMILES string of the molecule is COc1ncc(C(=O)Nc2ccc(CCC3COC(N)=N3)cc2)cn1. The monoisotopic (exact) mass is 341 g/mol. The molecule has 1 aliphatic rings. The van der Waals surface area contributed by atoms with Crippen molar-refractivity contribution in [3.8, 4) is 6.01 Å². The number of nitrogens with zero attached hydrogens (tertiary/aromatic N) is 3. The van der Waals surface area contributed by atoms with E-state index >= 15 is 0 Å². The van der Waals surface area contributed by atoms with Gasteiger partial charge in [-0.05, 0) is 30.5 Å². The first-order valence-corrected chi connectivity index (χ1v) is 7.86. The van der Waals surface area contributed by atoms with E-state index in [0.29, 0.717) is 17.9 Å². The van der Waals surface area contributed by atoms with Crippen LogP contribution in [-0.4, -0.2) is 41.7 Å². The van der Waals surface area contributed by atoms with Crippen LogP contribution in [0.5, 0.6) is 6.01 Å². The molecule has 1 aromatic carbocycles. The van der Waals surface area contributed by atoms with Crippen molar-refractivity contribution in [1.82, 2.24) is 9.97 Å². The fourth-order valence-electron chi connectivity index (χ4n) is 2.41. The third-order valence-electron chi connectivity index (χ3n) is 3.78. The van der Waals surface area contributed by atoms with Crippen molar-refractivity contribution < 1.29 is 14.3 Å². The molecule has 2 heterocycles. The Morgan fingerprint density at radius 1 is 1.32 bits per heavy atom. The summed E-state index contributed by atoms with van der Waals surface area (Å²) in [6, 6.07) is 8.28. The highest BCUT2D eigenvalue weighted by atomic mass is 16.5. The van der Waals surface area contributed by atoms with Crippen molar-refractivity contribution in [2.24, 2.45) is 10.7 Å². The molecule has 1 aromatic heterocycles. The van der Waals surface area contributed by atoms with Crippen LogP contribution in [0.3, 0.4) is 0 Å². The maximum atomic E-state index is 12.2. The fraction of sp³-hybridized carbons (Fsp3) is 0.294. The number of amidine groups is 1. The maximum Gasteiger partial charge on any atom is 0.316 e. The molecule has 0 spiro atoms. The van der Waals surface area contributed by atoms with Gasteiger partial charge in [-0.1, -0.05) is 12.1 Å². The quantitative estimate of drug-likeness (QED) is 0.821. The number of methoxy groups -OCH3 is 1. The Kier molecular flexibility index (Phi) is 5.08. The minimum atomic E-state index is -0.275. The third-order valence-corrected chi connectivity index (χ3v) is 3.78. The predicted octanol–water partition coefficient (Wildman–Crippen LogP) is 1.38. The molecular weight excluding hydrogens is 322 g/mol. The van der Waals surface area contributed by atoms with Crippen molar-refractivity contribution in [3.05, 3.63) is 47.8 Å². The molecule has 0 bridgehead atoms. The number of benzene rings is 1. The van der Waals surface area contributed by atoms with Crippen LogP contribution in [-0.2, 0) is 11.2 Å². The lowest BCUT2D eigenvalue weighted by Gasteiger charge is -2.08. The van der Waals surface area contributed by atoms with Gasteiger partial charge in [0.2, 0.25) is 0 Å². The Morgan fingerprint density at radius 2 is 2.04 bits per heavy atom. The number of amides is 1. The molecule has 3 N–H and O–H groups in total. The van der Waals surface area contributed by atoms with Crippen LogP contribution < -0.4 is 15.8 Å². The van der Waals surface area contributed by atoms with E-state index in [9.17, 15) is 4.79 Å². The largest absolute Gasteiger partial charge is 0.467 e. The lowest BCUT2D eigenvalue weighted by Crippen LogP contribution is -2.13. The minimum Gasteiger partial charge on any atom is -0.467 e. The summed E-state index contributed by atoms with van der Waals surface area (Å²) in [6.07, 6.45) is 4.58. The number of nitrogens with two attached hydrogens (primary N) is 1. The van der Waals surface area contributed by atoms with Crippen LogP contribution in [0.2, 0.25) is 0 Å². The Hall–Kier alpha value is -3.16. The molecule has 0 radical (unpaired) electrons. The standard InChI is InChI=1S/C17H19N5O3/c1-24-17-19-8-12(9-20-17)15(23)21-13-5-2-11(3-6-13)4-7-14-10-25-16(18)22-14/h2-3,5-6,8-9,14H,4,7,10H2,1H3,(H2,18,22)(H,21,23). The van der Waals surface area contributed by atoms with Gasteiger partial charge in [0.05, 0.1) is 18.7 Å². The molecule has 0 saturated carbocycles. The van der Waals surface area contributed by atoms with Crippen molar-refractivity contribution in [2.45, 2.75) is 18.9 Å². The number of anilines is 1. The summed E-state index contributed by atoms with van der Waals surface area (Å²) in [4.78, 5) is 24.2. The number of carbonyl (C=O) groups is 1. The van der Waals surface area contributed by atoms with Gasteiger partial charge in [-0.2, -0.15) is 0 Å². The number of aliphatic imine (C=N–C) groups is 1. The molecule has 3 rings (SSSR count). The highest BCUT2D eigenvalue weighted by Gasteiger charge is 2.16. The van der Waals surface area contributed by atoms with Gasteiger partial charge in [0.25, 0.3) is 11.9 Å². The molecule has 0 saturated heterocycles. The van der Waals surface area contributed by atoms with E-state index in [1.807, 2.05) is 24.3 Å². The second kappa shape index (κ2) is 7.61. The molecule has 25 heavy (non-hydrogen) atoms. The Bertz CT molecular complexity index is 759. The van der Waals surface area contributed by atoms with Gasteiger partial charge in [0.1, 0.15) is 6.61 Å². The Morgan fingerprint density at radius 3 is 2.64 bits per heavy atom. The molecule has 2 aromatic rings. The van der Waals surface area contributed by atoms with Crippen LogP contribution in [0.25, 0.3) is 0 Å². The van der Waals surface area contributed by atoms with Crippen LogP contribution in [0.1, 0.15) is 22.3 Å². The summed E-state index contributed by atoms with van der Waals surface area (Å²) < 4.78 is 10.0. The number of hydrogen-bond donors (Lipinski definition) is 2. The second-order valence-corrected chi connectivity index (χ2v) is 5.58. The van der Waals surface area contributed by atoms with Crippen LogP contribution in [0, 0.1) is 0 Å². The van der Waals surface area contributed by atoms with E-state index in [4.69, 9.17) is 15.2 Å². The molecule has 130 valence electrons. The number of aryl methyl sites for hydroxylation is 1. The summed E-state index contributed by atoms with van der Waals surface area (Å²) in [5.74, 6) is -0.275. The molecule has 8 heteroatoms. The van der Waals surface area contributed by atoms with Crippen molar-refractivity contribution in [1.29, 1.82) is 0 Å². The smallest absolute Gasteiger partial charge is 0.316 e. The van der Waals surface area contributed by atoms with E-state index < -0.39 is 0 Å². The molecular formula is C17H19N5O3. The minimum absolute atomic E-state index is 0.120. The number of nitrogens with one attached hydrogen (secondary N) is 1. The zero-order valence-corrected chi connectivity index (χ0v) is 13.8. The number of ether oxygens (including phenoxy) is 2. The summed E-state index contributed by atoms with van der Waals surface area (Å²) in [6.45, 7) is 0.546. The highest BCUT2D eigenvalue weighted by molar-refractivity contribution is 6.03. The number of aromatic nitrogens is 2. The van der Waals surface area contributed by atoms with Gasteiger partial charge >= 0.3 is 6.01 Å². The topological polar surface area (TPSA) is 112 Å². The molecule has 1 amide bonds. The van der Waals surface area contributed by atoms with Crippen LogP contribution in [0.4, 0.5) is 5.69 Å². The van der Waals surface area contributed by atoms with Crippen molar-refractivity contribution in [2.75, 3.05) is 19.0 Å². The molecule has 0 aliphatic carbocycles. The highest BCUT2D eigenvalue weighted by Crippen LogP contribution is 2.15. The van der Waals surface area contributed by atoms with E-state index in [1.54, 1.807) is 0 Å². The first-order valence-electron chi connectivity index (χ1n) is 7.86. The first-order chi connectivity index (χ1) is 12.1. The third kappa shape index (κ3) is 4.43. The van der Waals surface area contributed by atoms with E-state index in [-0.39, 0.29) is 24.0 Å². The molecule has 1 unspecified atom stereocenters. The average Bonchev–Trinajstić information content (AvgIpc) is 3.06. The van der Waals surface area contributed by atoms with E-state index in [2.05, 4.69) is 20.3 Å². The molecule has 0 fully saturated rings. The lowest BCUT2D eigenvalue weighted by atomic mass is 10.1. The van der Waals surface area contributed by atoms with E-state index in [0.717, 1.165) is 18.4 Å². The van der Waals surface area contributed by atoms with Crippen LogP contribution >= 0.6 is 0 Å². The predicted molar refractivity (Wildman–Crippen MR) is 92.7 cm³/mol. The van der Waals surface area contributed by atoms with Crippen LogP contribution in [0.15, 0.2) is 41.7 Å². The lowest BCUT2D eigenvalue weighted by molar-refractivity contribution is 0.102. The van der Waals surface area contributed by atoms with Gasteiger partial charge < -0.3 is 20.5 Å². The summed E-state index contributed by atoms with van der Waals surface area (Å²) in [5, 5.41) is 2.81. The maximum absolute atomic E-state index is 12.2. The summed E-state index contributed by atoms with van der Waals surface area (Å²) in [5.41, 5.74) is 7.72. The summed E-state index contributed by atoms with van der Waals surface area (Å²) >= 11 is 0. The normalized spacial score (nSPS) is 16.0. The molecule has 8 nitrogen and oxygen atoms in total. The van der Waals surface area contributed by atoms with Crippen molar-refractivity contribution >= 4 is 17.6 Å². The van der Waals surface area contributed by atoms with Gasteiger partial charge in [-0.25, -0.2) is 15.0 Å².